The molecule has 0 aliphatic heterocycles. The van der Waals surface area contributed by atoms with Gasteiger partial charge in [-0.2, -0.15) is 0 Å². The highest BCUT2D eigenvalue weighted by Crippen LogP contribution is 2.20. The predicted octanol–water partition coefficient (Wildman–Crippen LogP) is 3.05. The fourth-order valence-electron chi connectivity index (χ4n) is 2.13. The highest BCUT2D eigenvalue weighted by atomic mass is 19.1. The minimum Gasteiger partial charge on any atom is -0.452 e. The average Bonchev–Trinajstić information content (AvgIpc) is 2.50. The highest BCUT2D eigenvalue weighted by Gasteiger charge is 2.25. The minimum atomic E-state index is -0.956. The average molecular weight is 291 g/mol. The van der Waals surface area contributed by atoms with E-state index in [0.29, 0.717) is 6.42 Å². The summed E-state index contributed by atoms with van der Waals surface area (Å²) in [6, 6.07) is 5.85. The molecular weight excluding hydrogens is 273 g/mol. The molecule has 21 heavy (non-hydrogen) atoms. The molecule has 1 N–H and O–H groups in total. The number of hydrogen-bond donors (Lipinski definition) is 1. The molecule has 1 aliphatic rings. The number of carbonyl (C=O) groups excluding carboxylic acids is 2. The van der Waals surface area contributed by atoms with Crippen molar-refractivity contribution in [3.8, 4) is 0 Å². The lowest BCUT2D eigenvalue weighted by Gasteiger charge is -2.19. The first-order chi connectivity index (χ1) is 10.1. The lowest BCUT2D eigenvalue weighted by Crippen LogP contribution is -2.32. The Balaban J connectivity index is 1.89. The number of nitrogens with one attached hydrogen (secondary N) is 1. The Bertz CT molecular complexity index is 556. The van der Waals surface area contributed by atoms with Crippen LogP contribution >= 0.6 is 0 Å². The molecule has 0 bridgehead atoms. The van der Waals surface area contributed by atoms with Gasteiger partial charge < -0.3 is 10.1 Å². The molecule has 0 fully saturated rings. The summed E-state index contributed by atoms with van der Waals surface area (Å²) in [6.07, 6.45) is 5.23. The van der Waals surface area contributed by atoms with Gasteiger partial charge in [0.15, 0.2) is 6.10 Å². The van der Waals surface area contributed by atoms with E-state index in [4.69, 9.17) is 4.74 Å². The first-order valence-corrected chi connectivity index (χ1v) is 6.99. The molecule has 0 spiro atoms. The number of amides is 1. The summed E-state index contributed by atoms with van der Waals surface area (Å²) >= 11 is 0. The zero-order chi connectivity index (χ0) is 15.2. The van der Waals surface area contributed by atoms with Gasteiger partial charge in [0.25, 0.3) is 5.91 Å². The summed E-state index contributed by atoms with van der Waals surface area (Å²) in [7, 11) is 0. The Morgan fingerprint density at radius 3 is 2.76 bits per heavy atom. The third kappa shape index (κ3) is 4.15. The van der Waals surface area contributed by atoms with Gasteiger partial charge in [-0.3, -0.25) is 9.59 Å². The molecule has 4 nitrogen and oxygen atoms in total. The molecule has 0 saturated carbocycles. The molecule has 0 saturated heterocycles. The topological polar surface area (TPSA) is 55.4 Å². The van der Waals surface area contributed by atoms with Crippen molar-refractivity contribution in [2.24, 2.45) is 5.92 Å². The number of halogens is 1. The monoisotopic (exact) mass is 291 g/mol. The Morgan fingerprint density at radius 1 is 1.33 bits per heavy atom. The van der Waals surface area contributed by atoms with Crippen LogP contribution in [0, 0.1) is 11.7 Å². The van der Waals surface area contributed by atoms with E-state index < -0.39 is 17.8 Å². The van der Waals surface area contributed by atoms with E-state index in [1.54, 1.807) is 6.07 Å². The Kier molecular flexibility index (Phi) is 5.09. The second kappa shape index (κ2) is 7.02. The van der Waals surface area contributed by atoms with Gasteiger partial charge in [0.05, 0.1) is 11.6 Å². The van der Waals surface area contributed by atoms with Crippen molar-refractivity contribution in [2.75, 3.05) is 5.32 Å². The van der Waals surface area contributed by atoms with Crippen LogP contribution in [0.2, 0.25) is 0 Å². The van der Waals surface area contributed by atoms with E-state index >= 15 is 0 Å². The van der Waals surface area contributed by atoms with Gasteiger partial charge in [0.2, 0.25) is 0 Å². The van der Waals surface area contributed by atoms with Crippen LogP contribution in [0.5, 0.6) is 0 Å². The van der Waals surface area contributed by atoms with Crippen molar-refractivity contribution in [1.82, 2.24) is 0 Å². The molecule has 112 valence electrons. The zero-order valence-corrected chi connectivity index (χ0v) is 11.8. The number of para-hydroxylation sites is 1. The van der Waals surface area contributed by atoms with Gasteiger partial charge in [-0.05, 0) is 38.3 Å². The second-order valence-corrected chi connectivity index (χ2v) is 5.03. The van der Waals surface area contributed by atoms with Crippen molar-refractivity contribution in [1.29, 1.82) is 0 Å². The first kappa shape index (κ1) is 15.2. The number of esters is 1. The summed E-state index contributed by atoms with van der Waals surface area (Å²) in [5, 5.41) is 2.41. The van der Waals surface area contributed by atoms with Gasteiger partial charge >= 0.3 is 5.97 Å². The molecule has 1 aromatic rings. The number of rotatable bonds is 4. The lowest BCUT2D eigenvalue weighted by atomic mass is 9.95. The summed E-state index contributed by atoms with van der Waals surface area (Å²) < 4.78 is 18.6. The number of ether oxygens (including phenoxy) is 1. The van der Waals surface area contributed by atoms with E-state index in [1.165, 1.54) is 25.1 Å². The number of allylic oxidation sites excluding steroid dienone is 2. The molecule has 1 aliphatic carbocycles. The van der Waals surface area contributed by atoms with Crippen LogP contribution in [0.3, 0.4) is 0 Å². The van der Waals surface area contributed by atoms with E-state index in [9.17, 15) is 14.0 Å². The van der Waals surface area contributed by atoms with Crippen LogP contribution in [0.15, 0.2) is 36.4 Å². The van der Waals surface area contributed by atoms with Gasteiger partial charge in [-0.25, -0.2) is 4.39 Å². The molecule has 1 amide bonds. The standard InChI is InChI=1S/C16H18FNO3/c1-11(21-16(20)12-7-3-2-4-8-12)15(19)18-14-10-6-5-9-13(14)17/h2-3,5-6,9-12H,4,7-8H2,1H3,(H,18,19)/t11-,12-/m0/s1. The number of anilines is 1. The molecule has 0 unspecified atom stereocenters. The molecule has 0 radical (unpaired) electrons. The fourth-order valence-corrected chi connectivity index (χ4v) is 2.13. The van der Waals surface area contributed by atoms with Crippen LogP contribution in [0.4, 0.5) is 10.1 Å². The molecule has 2 rings (SSSR count). The van der Waals surface area contributed by atoms with Gasteiger partial charge in [0.1, 0.15) is 5.82 Å². The zero-order valence-electron chi connectivity index (χ0n) is 11.8. The molecule has 0 heterocycles. The maximum absolute atomic E-state index is 13.4. The maximum atomic E-state index is 13.4. The molecular formula is C16H18FNO3. The van der Waals surface area contributed by atoms with E-state index in [1.807, 2.05) is 12.2 Å². The molecule has 2 atom stereocenters. The highest BCUT2D eigenvalue weighted by molar-refractivity contribution is 5.95. The first-order valence-electron chi connectivity index (χ1n) is 6.99. The van der Waals surface area contributed by atoms with Crippen molar-refractivity contribution in [3.05, 3.63) is 42.2 Å². The van der Waals surface area contributed by atoms with Gasteiger partial charge in [-0.15, -0.1) is 0 Å². The maximum Gasteiger partial charge on any atom is 0.310 e. The molecule has 5 heteroatoms. The summed E-state index contributed by atoms with van der Waals surface area (Å²) in [5.41, 5.74) is 0.0750. The third-order valence-corrected chi connectivity index (χ3v) is 3.40. The summed E-state index contributed by atoms with van der Waals surface area (Å²) in [6.45, 7) is 1.48. The number of hydrogen-bond acceptors (Lipinski definition) is 3. The van der Waals surface area contributed by atoms with E-state index in [-0.39, 0.29) is 17.6 Å². The Labute approximate surface area is 123 Å². The van der Waals surface area contributed by atoms with E-state index in [2.05, 4.69) is 5.32 Å². The van der Waals surface area contributed by atoms with Gasteiger partial charge in [0, 0.05) is 0 Å². The molecule has 0 aromatic heterocycles. The molecule has 1 aromatic carbocycles. The van der Waals surface area contributed by atoms with E-state index in [0.717, 1.165) is 12.8 Å². The summed E-state index contributed by atoms with van der Waals surface area (Å²) in [5.74, 6) is -1.64. The normalized spacial score (nSPS) is 18.9. The third-order valence-electron chi connectivity index (χ3n) is 3.40. The predicted molar refractivity (Wildman–Crippen MR) is 77.1 cm³/mol. The Hall–Kier alpha value is -2.17. The van der Waals surface area contributed by atoms with Crippen molar-refractivity contribution in [3.63, 3.8) is 0 Å². The van der Waals surface area contributed by atoms with Crippen LogP contribution in [-0.2, 0) is 14.3 Å². The largest absolute Gasteiger partial charge is 0.452 e. The summed E-state index contributed by atoms with van der Waals surface area (Å²) in [4.78, 5) is 23.8. The van der Waals surface area contributed by atoms with Crippen LogP contribution in [-0.4, -0.2) is 18.0 Å². The minimum absolute atomic E-state index is 0.0750. The van der Waals surface area contributed by atoms with Gasteiger partial charge in [-0.1, -0.05) is 24.3 Å². The number of carbonyl (C=O) groups is 2. The SMILES string of the molecule is C[C@H](OC(=O)[C@H]1CC=CCC1)C(=O)Nc1ccccc1F. The Morgan fingerprint density at radius 2 is 2.10 bits per heavy atom. The lowest BCUT2D eigenvalue weighted by molar-refractivity contribution is -0.157. The second-order valence-electron chi connectivity index (χ2n) is 5.03. The van der Waals surface area contributed by atoms with Crippen molar-refractivity contribution in [2.45, 2.75) is 32.3 Å². The van der Waals surface area contributed by atoms with Crippen LogP contribution in [0.1, 0.15) is 26.2 Å². The number of benzene rings is 1. The van der Waals surface area contributed by atoms with Crippen molar-refractivity contribution >= 4 is 17.6 Å². The van der Waals surface area contributed by atoms with Crippen LogP contribution < -0.4 is 5.32 Å². The smallest absolute Gasteiger partial charge is 0.310 e. The van der Waals surface area contributed by atoms with Crippen molar-refractivity contribution < 1.29 is 18.7 Å². The fraction of sp³-hybridized carbons (Fsp3) is 0.375. The van der Waals surface area contributed by atoms with Crippen LogP contribution in [0.25, 0.3) is 0 Å². The quantitative estimate of drug-likeness (QED) is 0.685.